The first-order valence-corrected chi connectivity index (χ1v) is 9.29. The Hall–Kier alpha value is -2.99. The van der Waals surface area contributed by atoms with Crippen LogP contribution < -0.4 is 5.32 Å². The molecule has 0 unspecified atom stereocenters. The number of halogens is 1. The van der Waals surface area contributed by atoms with Crippen LogP contribution >= 0.6 is 0 Å². The van der Waals surface area contributed by atoms with Gasteiger partial charge in [-0.2, -0.15) is 0 Å². The van der Waals surface area contributed by atoms with Crippen LogP contribution in [-0.4, -0.2) is 36.5 Å². The lowest BCUT2D eigenvalue weighted by atomic mass is 10.0. The molecule has 0 saturated heterocycles. The molecule has 0 atom stereocenters. The number of nitrogens with one attached hydrogen (secondary N) is 1. The van der Waals surface area contributed by atoms with Crippen LogP contribution in [-0.2, 0) is 14.3 Å². The Balaban J connectivity index is 1.92. The number of carbonyl (C=O) groups excluding carboxylic acids is 2. The predicted molar refractivity (Wildman–Crippen MR) is 106 cm³/mol. The first-order valence-electron chi connectivity index (χ1n) is 9.29. The van der Waals surface area contributed by atoms with Crippen molar-refractivity contribution >= 4 is 23.1 Å². The van der Waals surface area contributed by atoms with Gasteiger partial charge in [0.05, 0.1) is 5.57 Å². The summed E-state index contributed by atoms with van der Waals surface area (Å²) in [5.74, 6) is -1.10. The number of carbonyl (C=O) groups is 2. The molecule has 3 rings (SSSR count). The van der Waals surface area contributed by atoms with Crippen molar-refractivity contribution in [3.8, 4) is 0 Å². The third-order valence-electron chi connectivity index (χ3n) is 4.50. The molecule has 1 aliphatic heterocycles. The average molecular weight is 382 g/mol. The van der Waals surface area contributed by atoms with Crippen molar-refractivity contribution in [3.63, 3.8) is 0 Å². The van der Waals surface area contributed by atoms with E-state index >= 15 is 0 Å². The fourth-order valence-corrected chi connectivity index (χ4v) is 3.03. The number of nitrogens with zero attached hydrogens (tertiary/aromatic N) is 1. The van der Waals surface area contributed by atoms with Gasteiger partial charge in [-0.1, -0.05) is 29.8 Å². The van der Waals surface area contributed by atoms with Gasteiger partial charge in [-0.3, -0.25) is 14.5 Å². The molecule has 0 aromatic heterocycles. The number of benzene rings is 2. The molecule has 1 N–H and O–H groups in total. The molecule has 146 valence electrons. The highest BCUT2D eigenvalue weighted by Crippen LogP contribution is 2.30. The highest BCUT2D eigenvalue weighted by molar-refractivity contribution is 6.36. The van der Waals surface area contributed by atoms with Gasteiger partial charge in [0.2, 0.25) is 0 Å². The van der Waals surface area contributed by atoms with Gasteiger partial charge in [0.1, 0.15) is 11.5 Å². The highest BCUT2D eigenvalue weighted by Gasteiger charge is 2.38. The first-order chi connectivity index (χ1) is 13.5. The molecular formula is C22H23FN2O3. The van der Waals surface area contributed by atoms with Crippen LogP contribution in [0.4, 0.5) is 10.1 Å². The van der Waals surface area contributed by atoms with Crippen molar-refractivity contribution in [2.75, 3.05) is 25.1 Å². The number of hydrogen-bond donors (Lipinski definition) is 1. The molecule has 0 fully saturated rings. The molecule has 1 aliphatic rings. The van der Waals surface area contributed by atoms with Gasteiger partial charge in [-0.05, 0) is 50.1 Å². The quantitative estimate of drug-likeness (QED) is 0.558. The minimum absolute atomic E-state index is 0.205. The van der Waals surface area contributed by atoms with E-state index in [2.05, 4.69) is 5.32 Å². The van der Waals surface area contributed by atoms with Gasteiger partial charge in [-0.15, -0.1) is 0 Å². The van der Waals surface area contributed by atoms with E-state index in [1.54, 1.807) is 0 Å². The van der Waals surface area contributed by atoms with Crippen LogP contribution in [0.3, 0.4) is 0 Å². The van der Waals surface area contributed by atoms with Crippen LogP contribution in [0.15, 0.2) is 54.2 Å². The molecule has 0 bridgehead atoms. The van der Waals surface area contributed by atoms with E-state index in [0.29, 0.717) is 36.5 Å². The van der Waals surface area contributed by atoms with Crippen molar-refractivity contribution in [3.05, 3.63) is 71.2 Å². The number of aryl methyl sites for hydroxylation is 1. The van der Waals surface area contributed by atoms with E-state index in [0.717, 1.165) is 5.56 Å². The first kappa shape index (κ1) is 19.8. The monoisotopic (exact) mass is 382 g/mol. The molecule has 28 heavy (non-hydrogen) atoms. The fraction of sp³-hybridized carbons (Fsp3) is 0.273. The molecule has 1 heterocycles. The zero-order valence-corrected chi connectivity index (χ0v) is 16.0. The third-order valence-corrected chi connectivity index (χ3v) is 4.50. The zero-order valence-electron chi connectivity index (χ0n) is 16.0. The molecule has 5 nitrogen and oxygen atoms in total. The molecule has 2 aromatic carbocycles. The summed E-state index contributed by atoms with van der Waals surface area (Å²) in [4.78, 5) is 27.2. The lowest BCUT2D eigenvalue weighted by molar-refractivity contribution is -0.137. The van der Waals surface area contributed by atoms with E-state index in [1.807, 2.05) is 38.1 Å². The molecule has 0 saturated carbocycles. The van der Waals surface area contributed by atoms with Gasteiger partial charge < -0.3 is 10.1 Å². The molecule has 2 amide bonds. The largest absolute Gasteiger partial charge is 0.382 e. The van der Waals surface area contributed by atoms with E-state index < -0.39 is 0 Å². The van der Waals surface area contributed by atoms with Crippen LogP contribution in [0.2, 0.25) is 0 Å². The molecule has 0 aliphatic carbocycles. The Morgan fingerprint density at radius 1 is 1.00 bits per heavy atom. The van der Waals surface area contributed by atoms with Crippen LogP contribution in [0, 0.1) is 12.7 Å². The maximum absolute atomic E-state index is 13.2. The number of anilines is 1. The van der Waals surface area contributed by atoms with Crippen molar-refractivity contribution < 1.29 is 18.7 Å². The summed E-state index contributed by atoms with van der Waals surface area (Å²) in [6.07, 6.45) is 0.566. The lowest BCUT2D eigenvalue weighted by Crippen LogP contribution is -2.34. The summed E-state index contributed by atoms with van der Waals surface area (Å²) in [5, 5.41) is 3.01. The molecule has 2 aromatic rings. The maximum Gasteiger partial charge on any atom is 0.278 e. The van der Waals surface area contributed by atoms with E-state index in [4.69, 9.17) is 4.74 Å². The predicted octanol–water partition coefficient (Wildman–Crippen LogP) is 3.75. The second-order valence-corrected chi connectivity index (χ2v) is 6.56. The number of imide groups is 1. The lowest BCUT2D eigenvalue weighted by Gasteiger charge is -2.15. The van der Waals surface area contributed by atoms with E-state index in [1.165, 1.54) is 29.2 Å². The van der Waals surface area contributed by atoms with E-state index in [9.17, 15) is 14.0 Å². The Labute approximate surface area is 163 Å². The third kappa shape index (κ3) is 4.28. The molecule has 6 heteroatoms. The Kier molecular flexibility index (Phi) is 6.21. The molecule has 0 radical (unpaired) electrons. The molecule has 0 spiro atoms. The second kappa shape index (κ2) is 8.80. The normalized spacial score (nSPS) is 14.2. The fourth-order valence-electron chi connectivity index (χ4n) is 3.03. The smallest absolute Gasteiger partial charge is 0.278 e. The minimum atomic E-state index is -0.388. The second-order valence-electron chi connectivity index (χ2n) is 6.56. The number of amides is 2. The van der Waals surface area contributed by atoms with Crippen molar-refractivity contribution in [2.24, 2.45) is 0 Å². The number of ether oxygens (including phenoxy) is 1. The summed E-state index contributed by atoms with van der Waals surface area (Å²) >= 11 is 0. The maximum atomic E-state index is 13.2. The highest BCUT2D eigenvalue weighted by atomic mass is 19.1. The number of rotatable bonds is 8. The van der Waals surface area contributed by atoms with Gasteiger partial charge in [0, 0.05) is 25.4 Å². The zero-order chi connectivity index (χ0) is 20.1. The van der Waals surface area contributed by atoms with Crippen LogP contribution in [0.5, 0.6) is 0 Å². The van der Waals surface area contributed by atoms with Gasteiger partial charge in [0.25, 0.3) is 11.8 Å². The average Bonchev–Trinajstić information content (AvgIpc) is 2.92. The standard InChI is InChI=1S/C22H23FN2O3/c1-3-28-14-4-13-25-21(26)19(16-7-5-15(2)6-8-16)20(22(25)27)24-18-11-9-17(23)10-12-18/h5-12,24H,3-4,13-14H2,1-2H3. The van der Waals surface area contributed by atoms with Crippen LogP contribution in [0.25, 0.3) is 5.57 Å². The van der Waals surface area contributed by atoms with Crippen molar-refractivity contribution in [1.82, 2.24) is 4.90 Å². The Bertz CT molecular complexity index is 889. The summed E-state index contributed by atoms with van der Waals surface area (Å²) in [7, 11) is 0. The van der Waals surface area contributed by atoms with Crippen LogP contribution in [0.1, 0.15) is 24.5 Å². The molecular weight excluding hydrogens is 359 g/mol. The Morgan fingerprint density at radius 2 is 1.68 bits per heavy atom. The van der Waals surface area contributed by atoms with Gasteiger partial charge in [0.15, 0.2) is 0 Å². The summed E-state index contributed by atoms with van der Waals surface area (Å²) in [5.41, 5.74) is 2.80. The Morgan fingerprint density at radius 3 is 2.32 bits per heavy atom. The SMILES string of the molecule is CCOCCCN1C(=O)C(Nc2ccc(F)cc2)=C(c2ccc(C)cc2)C1=O. The minimum Gasteiger partial charge on any atom is -0.382 e. The van der Waals surface area contributed by atoms with Crippen molar-refractivity contribution in [2.45, 2.75) is 20.3 Å². The summed E-state index contributed by atoms with van der Waals surface area (Å²) in [6, 6.07) is 13.1. The summed E-state index contributed by atoms with van der Waals surface area (Å²) in [6.45, 7) is 5.20. The topological polar surface area (TPSA) is 58.6 Å². The van der Waals surface area contributed by atoms with Gasteiger partial charge in [-0.25, -0.2) is 4.39 Å². The van der Waals surface area contributed by atoms with Gasteiger partial charge >= 0.3 is 0 Å². The summed E-state index contributed by atoms with van der Waals surface area (Å²) < 4.78 is 18.5. The number of hydrogen-bond acceptors (Lipinski definition) is 4. The van der Waals surface area contributed by atoms with Crippen molar-refractivity contribution in [1.29, 1.82) is 0 Å². The van der Waals surface area contributed by atoms with E-state index in [-0.39, 0.29) is 29.9 Å².